The number of carbonyl (C=O) groups excluding carboxylic acids is 1. The van der Waals surface area contributed by atoms with Crippen molar-refractivity contribution >= 4 is 5.91 Å². The van der Waals surface area contributed by atoms with Gasteiger partial charge in [-0.15, -0.1) is 6.42 Å². The molecule has 1 amide bonds. The number of terminal acetylenes is 1. The quantitative estimate of drug-likeness (QED) is 0.603. The minimum absolute atomic E-state index is 0.245. The van der Waals surface area contributed by atoms with Crippen molar-refractivity contribution in [3.05, 3.63) is 89.0 Å². The van der Waals surface area contributed by atoms with E-state index >= 15 is 0 Å². The highest BCUT2D eigenvalue weighted by Crippen LogP contribution is 2.34. The number of ether oxygens (including phenoxy) is 3. The summed E-state index contributed by atoms with van der Waals surface area (Å²) in [5, 5.41) is 3.10. The molecule has 0 spiro atoms. The highest BCUT2D eigenvalue weighted by Gasteiger charge is 2.22. The highest BCUT2D eigenvalue weighted by atomic mass is 16.5. The van der Waals surface area contributed by atoms with Crippen LogP contribution in [0.5, 0.6) is 17.2 Å². The predicted molar refractivity (Wildman–Crippen MR) is 116 cm³/mol. The van der Waals surface area contributed by atoms with Gasteiger partial charge in [0, 0.05) is 22.8 Å². The molecule has 152 valence electrons. The molecular formula is C25H23NO4. The molecule has 0 radical (unpaired) electrons. The van der Waals surface area contributed by atoms with Crippen molar-refractivity contribution in [1.29, 1.82) is 0 Å². The van der Waals surface area contributed by atoms with Crippen LogP contribution in [0.3, 0.4) is 0 Å². The van der Waals surface area contributed by atoms with Crippen LogP contribution in [0.4, 0.5) is 0 Å². The maximum Gasteiger partial charge on any atom is 0.252 e. The summed E-state index contributed by atoms with van der Waals surface area (Å²) >= 11 is 0. The third-order valence-corrected chi connectivity index (χ3v) is 4.77. The summed E-state index contributed by atoms with van der Waals surface area (Å²) in [7, 11) is 4.79. The molecule has 30 heavy (non-hydrogen) atoms. The molecular weight excluding hydrogens is 378 g/mol. The Morgan fingerprint density at radius 1 is 0.900 bits per heavy atom. The summed E-state index contributed by atoms with van der Waals surface area (Å²) in [5.74, 6) is 4.31. The van der Waals surface area contributed by atoms with Crippen LogP contribution < -0.4 is 19.5 Å². The van der Waals surface area contributed by atoms with E-state index in [1.54, 1.807) is 51.7 Å². The van der Waals surface area contributed by atoms with E-state index in [1.165, 1.54) is 0 Å². The lowest BCUT2D eigenvalue weighted by atomic mass is 9.96. The van der Waals surface area contributed by atoms with Crippen LogP contribution in [0.1, 0.15) is 33.1 Å². The number of methoxy groups -OCH3 is 3. The number of amides is 1. The van der Waals surface area contributed by atoms with E-state index < -0.39 is 6.04 Å². The fraction of sp³-hybridized carbons (Fsp3) is 0.160. The van der Waals surface area contributed by atoms with Gasteiger partial charge in [0.05, 0.1) is 27.4 Å². The smallest absolute Gasteiger partial charge is 0.252 e. The molecule has 0 saturated heterocycles. The van der Waals surface area contributed by atoms with E-state index in [-0.39, 0.29) is 5.91 Å². The molecule has 5 nitrogen and oxygen atoms in total. The number of hydrogen-bond donors (Lipinski definition) is 1. The number of hydrogen-bond acceptors (Lipinski definition) is 4. The normalized spacial score (nSPS) is 11.1. The zero-order chi connectivity index (χ0) is 21.5. The van der Waals surface area contributed by atoms with Gasteiger partial charge in [0.2, 0.25) is 0 Å². The molecule has 5 heteroatoms. The van der Waals surface area contributed by atoms with Crippen LogP contribution in [0.2, 0.25) is 0 Å². The van der Waals surface area contributed by atoms with Crippen LogP contribution in [0.25, 0.3) is 0 Å². The predicted octanol–water partition coefficient (Wildman–Crippen LogP) is 4.21. The maximum absolute atomic E-state index is 13.0. The van der Waals surface area contributed by atoms with Gasteiger partial charge in [-0.1, -0.05) is 24.1 Å². The van der Waals surface area contributed by atoms with Gasteiger partial charge in [-0.3, -0.25) is 4.79 Å². The van der Waals surface area contributed by atoms with Crippen LogP contribution >= 0.6 is 0 Å². The van der Waals surface area contributed by atoms with E-state index in [2.05, 4.69) is 11.2 Å². The highest BCUT2D eigenvalue weighted by molar-refractivity contribution is 5.95. The first-order chi connectivity index (χ1) is 14.6. The van der Waals surface area contributed by atoms with Crippen LogP contribution in [0, 0.1) is 12.3 Å². The average molecular weight is 401 g/mol. The molecule has 0 bridgehead atoms. The zero-order valence-electron chi connectivity index (χ0n) is 17.1. The van der Waals surface area contributed by atoms with Crippen molar-refractivity contribution in [1.82, 2.24) is 5.32 Å². The van der Waals surface area contributed by atoms with Gasteiger partial charge >= 0.3 is 0 Å². The molecule has 3 rings (SSSR count). The molecule has 1 atom stereocenters. The Balaban J connectivity index is 2.03. The first-order valence-electron chi connectivity index (χ1n) is 9.33. The third-order valence-electron chi connectivity index (χ3n) is 4.77. The molecule has 3 aromatic carbocycles. The van der Waals surface area contributed by atoms with E-state index in [1.807, 2.05) is 36.4 Å². The third kappa shape index (κ3) is 4.56. The Labute approximate surface area is 176 Å². The molecule has 1 unspecified atom stereocenters. The Morgan fingerprint density at radius 2 is 1.60 bits per heavy atom. The second-order valence-corrected chi connectivity index (χ2v) is 6.51. The van der Waals surface area contributed by atoms with Gasteiger partial charge in [-0.2, -0.15) is 0 Å². The minimum atomic E-state index is -0.459. The van der Waals surface area contributed by atoms with E-state index in [0.29, 0.717) is 22.6 Å². The lowest BCUT2D eigenvalue weighted by Crippen LogP contribution is -2.29. The van der Waals surface area contributed by atoms with Crippen molar-refractivity contribution < 1.29 is 19.0 Å². The number of rotatable bonds is 7. The number of nitrogens with one attached hydrogen (secondary N) is 1. The summed E-state index contributed by atoms with van der Waals surface area (Å²) in [6.07, 6.45) is 5.47. The molecule has 0 aromatic heterocycles. The van der Waals surface area contributed by atoms with Gasteiger partial charge in [0.1, 0.15) is 17.2 Å². The molecule has 0 saturated carbocycles. The first-order valence-corrected chi connectivity index (χ1v) is 9.33. The molecule has 0 aliphatic heterocycles. The molecule has 0 fully saturated rings. The van der Waals surface area contributed by atoms with E-state index in [4.69, 9.17) is 20.6 Å². The average Bonchev–Trinajstić information content (AvgIpc) is 2.82. The largest absolute Gasteiger partial charge is 0.497 e. The van der Waals surface area contributed by atoms with Crippen molar-refractivity contribution in [3.63, 3.8) is 0 Å². The standard InChI is InChI=1S/C25H23NO4/c1-5-17-7-6-8-19(15-17)25(27)26-24(18-9-11-20(28-2)12-10-18)22-14-13-21(29-3)16-23(22)30-4/h1,6-16,24H,2-4H3,(H,26,27). The number of benzene rings is 3. The molecule has 3 aromatic rings. The summed E-state index contributed by atoms with van der Waals surface area (Å²) in [4.78, 5) is 13.0. The number of carbonyl (C=O) groups is 1. The Hall–Kier alpha value is -3.91. The van der Waals surface area contributed by atoms with Gasteiger partial charge in [0.15, 0.2) is 0 Å². The second kappa shape index (κ2) is 9.53. The van der Waals surface area contributed by atoms with Crippen LogP contribution in [-0.2, 0) is 0 Å². The summed E-state index contributed by atoms with van der Waals surface area (Å²) in [5.41, 5.74) is 2.80. The second-order valence-electron chi connectivity index (χ2n) is 6.51. The molecule has 0 heterocycles. The van der Waals surface area contributed by atoms with E-state index in [9.17, 15) is 4.79 Å². The lowest BCUT2D eigenvalue weighted by Gasteiger charge is -2.23. The van der Waals surface area contributed by atoms with Crippen molar-refractivity contribution in [2.24, 2.45) is 0 Å². The fourth-order valence-corrected chi connectivity index (χ4v) is 3.16. The molecule has 0 aliphatic carbocycles. The van der Waals surface area contributed by atoms with Crippen molar-refractivity contribution in [2.45, 2.75) is 6.04 Å². The van der Waals surface area contributed by atoms with Crippen molar-refractivity contribution in [3.8, 4) is 29.6 Å². The van der Waals surface area contributed by atoms with Gasteiger partial charge in [-0.25, -0.2) is 0 Å². The minimum Gasteiger partial charge on any atom is -0.497 e. The molecule has 0 aliphatic rings. The zero-order valence-corrected chi connectivity index (χ0v) is 17.1. The van der Waals surface area contributed by atoms with Crippen LogP contribution in [0.15, 0.2) is 66.7 Å². The summed E-state index contributed by atoms with van der Waals surface area (Å²) < 4.78 is 16.1. The first kappa shape index (κ1) is 20.8. The molecule has 1 N–H and O–H groups in total. The lowest BCUT2D eigenvalue weighted by molar-refractivity contribution is 0.0942. The van der Waals surface area contributed by atoms with Gasteiger partial charge in [0.25, 0.3) is 5.91 Å². The Bertz CT molecular complexity index is 1070. The monoisotopic (exact) mass is 401 g/mol. The maximum atomic E-state index is 13.0. The summed E-state index contributed by atoms with van der Waals surface area (Å²) in [6, 6.07) is 19.5. The topological polar surface area (TPSA) is 56.8 Å². The van der Waals surface area contributed by atoms with Gasteiger partial charge in [-0.05, 0) is 48.0 Å². The summed E-state index contributed by atoms with van der Waals surface area (Å²) in [6.45, 7) is 0. The van der Waals surface area contributed by atoms with Gasteiger partial charge < -0.3 is 19.5 Å². The Morgan fingerprint density at radius 3 is 2.23 bits per heavy atom. The van der Waals surface area contributed by atoms with Crippen molar-refractivity contribution in [2.75, 3.05) is 21.3 Å². The van der Waals surface area contributed by atoms with Crippen LogP contribution in [-0.4, -0.2) is 27.2 Å². The van der Waals surface area contributed by atoms with E-state index in [0.717, 1.165) is 16.9 Å². The Kier molecular flexibility index (Phi) is 6.61. The fourth-order valence-electron chi connectivity index (χ4n) is 3.16. The SMILES string of the molecule is C#Cc1cccc(C(=O)NC(c2ccc(OC)cc2)c2ccc(OC)cc2OC)c1.